The molecule has 0 spiro atoms. The number of para-hydroxylation sites is 2. The Kier molecular flexibility index (Phi) is 4.83. The van der Waals surface area contributed by atoms with Crippen molar-refractivity contribution in [2.45, 2.75) is 19.1 Å². The number of benzene rings is 3. The molecular formula is C22H21NO4. The third-order valence-electron chi connectivity index (χ3n) is 4.47. The number of carbonyl (C=O) groups excluding carboxylic acids is 1. The van der Waals surface area contributed by atoms with Crippen LogP contribution in [0.5, 0.6) is 17.2 Å². The minimum Gasteiger partial charge on any atom is -0.486 e. The monoisotopic (exact) mass is 363 g/mol. The lowest BCUT2D eigenvalue weighted by Gasteiger charge is -2.27. The molecular weight excluding hydrogens is 342 g/mol. The van der Waals surface area contributed by atoms with Crippen molar-refractivity contribution in [3.05, 3.63) is 66.7 Å². The molecule has 1 aliphatic rings. The van der Waals surface area contributed by atoms with Crippen LogP contribution in [0.2, 0.25) is 0 Å². The fourth-order valence-electron chi connectivity index (χ4n) is 3.02. The van der Waals surface area contributed by atoms with Crippen LogP contribution < -0.4 is 19.5 Å². The summed E-state index contributed by atoms with van der Waals surface area (Å²) in [6, 6.07) is 21.3. The number of fused-ring (bicyclic) bond motifs is 2. The van der Waals surface area contributed by atoms with Crippen LogP contribution in [0.4, 0.5) is 0 Å². The van der Waals surface area contributed by atoms with E-state index in [2.05, 4.69) is 5.32 Å². The number of ether oxygens (including phenoxy) is 3. The number of hydrogen-bond acceptors (Lipinski definition) is 4. The van der Waals surface area contributed by atoms with Gasteiger partial charge in [0.1, 0.15) is 18.5 Å². The van der Waals surface area contributed by atoms with E-state index < -0.39 is 6.10 Å². The summed E-state index contributed by atoms with van der Waals surface area (Å²) in [6.07, 6.45) is -0.834. The van der Waals surface area contributed by atoms with Gasteiger partial charge in [-0.25, -0.2) is 0 Å². The maximum absolute atomic E-state index is 12.4. The molecule has 3 aromatic carbocycles. The second-order valence-corrected chi connectivity index (χ2v) is 6.51. The maximum atomic E-state index is 12.4. The Hall–Kier alpha value is -3.21. The van der Waals surface area contributed by atoms with E-state index in [0.29, 0.717) is 24.7 Å². The zero-order valence-corrected chi connectivity index (χ0v) is 15.1. The van der Waals surface area contributed by atoms with Crippen LogP contribution in [-0.2, 0) is 4.79 Å². The highest BCUT2D eigenvalue weighted by Gasteiger charge is 2.22. The first-order valence-corrected chi connectivity index (χ1v) is 9.01. The van der Waals surface area contributed by atoms with Crippen molar-refractivity contribution in [1.82, 2.24) is 5.32 Å². The number of amides is 1. The molecule has 138 valence electrons. The molecule has 1 N–H and O–H groups in total. The third kappa shape index (κ3) is 3.97. The number of rotatable bonds is 5. The molecule has 5 heteroatoms. The van der Waals surface area contributed by atoms with Crippen LogP contribution in [0.15, 0.2) is 66.7 Å². The number of nitrogens with one attached hydrogen (secondary N) is 1. The number of hydrogen-bond donors (Lipinski definition) is 1. The summed E-state index contributed by atoms with van der Waals surface area (Å²) < 4.78 is 17.3. The lowest BCUT2D eigenvalue weighted by atomic mass is 10.1. The molecule has 0 saturated carbocycles. The Bertz CT molecular complexity index is 956. The van der Waals surface area contributed by atoms with E-state index in [-0.39, 0.29) is 12.0 Å². The maximum Gasteiger partial charge on any atom is 0.260 e. The van der Waals surface area contributed by atoms with E-state index in [9.17, 15) is 4.79 Å². The van der Waals surface area contributed by atoms with E-state index in [0.717, 1.165) is 16.5 Å². The molecule has 1 aliphatic heterocycles. The second kappa shape index (κ2) is 7.58. The van der Waals surface area contributed by atoms with Crippen LogP contribution in [0.1, 0.15) is 6.92 Å². The first kappa shape index (κ1) is 17.2. The second-order valence-electron chi connectivity index (χ2n) is 6.51. The topological polar surface area (TPSA) is 56.8 Å². The molecule has 0 bridgehead atoms. The first-order chi connectivity index (χ1) is 13.2. The molecule has 3 aromatic rings. The van der Waals surface area contributed by atoms with E-state index in [4.69, 9.17) is 14.2 Å². The van der Waals surface area contributed by atoms with Gasteiger partial charge in [0.05, 0.1) is 6.54 Å². The van der Waals surface area contributed by atoms with E-state index in [1.54, 1.807) is 6.92 Å². The molecule has 1 heterocycles. The van der Waals surface area contributed by atoms with Crippen molar-refractivity contribution in [2.24, 2.45) is 0 Å². The van der Waals surface area contributed by atoms with Crippen molar-refractivity contribution in [2.75, 3.05) is 13.2 Å². The van der Waals surface area contributed by atoms with Gasteiger partial charge in [-0.05, 0) is 42.0 Å². The van der Waals surface area contributed by atoms with Crippen molar-refractivity contribution in [3.63, 3.8) is 0 Å². The SMILES string of the molecule is C[C@@H](Oc1ccc2ccccc2c1)C(=O)NC[C@@H]1COc2ccccc2O1. The van der Waals surface area contributed by atoms with E-state index in [1.807, 2.05) is 66.7 Å². The Morgan fingerprint density at radius 1 is 1.07 bits per heavy atom. The van der Waals surface area contributed by atoms with Gasteiger partial charge in [0.2, 0.25) is 0 Å². The minimum absolute atomic E-state index is 0.189. The summed E-state index contributed by atoms with van der Waals surface area (Å²) in [5.41, 5.74) is 0. The molecule has 0 aromatic heterocycles. The average molecular weight is 363 g/mol. The van der Waals surface area contributed by atoms with Gasteiger partial charge >= 0.3 is 0 Å². The van der Waals surface area contributed by atoms with Crippen LogP contribution in [0.3, 0.4) is 0 Å². The van der Waals surface area contributed by atoms with Gasteiger partial charge in [0, 0.05) is 0 Å². The molecule has 4 rings (SSSR count). The molecule has 0 unspecified atom stereocenters. The predicted octanol–water partition coefficient (Wildman–Crippen LogP) is 3.56. The zero-order chi connectivity index (χ0) is 18.6. The summed E-state index contributed by atoms with van der Waals surface area (Å²) in [5, 5.41) is 5.09. The first-order valence-electron chi connectivity index (χ1n) is 9.01. The van der Waals surface area contributed by atoms with Gasteiger partial charge in [-0.3, -0.25) is 4.79 Å². The predicted molar refractivity (Wildman–Crippen MR) is 103 cm³/mol. The Balaban J connectivity index is 1.31. The van der Waals surface area contributed by atoms with Gasteiger partial charge in [0.15, 0.2) is 17.6 Å². The molecule has 0 radical (unpaired) electrons. The summed E-state index contributed by atoms with van der Waals surface area (Å²) in [5.74, 6) is 1.91. The summed E-state index contributed by atoms with van der Waals surface area (Å²) in [6.45, 7) is 2.49. The smallest absolute Gasteiger partial charge is 0.260 e. The zero-order valence-electron chi connectivity index (χ0n) is 15.1. The number of carbonyl (C=O) groups is 1. The molecule has 27 heavy (non-hydrogen) atoms. The summed E-state index contributed by atoms with van der Waals surface area (Å²) in [7, 11) is 0. The highest BCUT2D eigenvalue weighted by atomic mass is 16.6. The lowest BCUT2D eigenvalue weighted by Crippen LogP contribution is -2.44. The molecule has 5 nitrogen and oxygen atoms in total. The normalized spacial score (nSPS) is 16.6. The highest BCUT2D eigenvalue weighted by Crippen LogP contribution is 2.30. The van der Waals surface area contributed by atoms with Gasteiger partial charge in [-0.1, -0.05) is 42.5 Å². The Labute approximate surface area is 157 Å². The van der Waals surface area contributed by atoms with Gasteiger partial charge in [0.25, 0.3) is 5.91 Å². The van der Waals surface area contributed by atoms with Crippen molar-refractivity contribution in [3.8, 4) is 17.2 Å². The van der Waals surface area contributed by atoms with Crippen LogP contribution in [0, 0.1) is 0 Å². The van der Waals surface area contributed by atoms with Crippen LogP contribution in [0.25, 0.3) is 10.8 Å². The Morgan fingerprint density at radius 3 is 2.67 bits per heavy atom. The van der Waals surface area contributed by atoms with Crippen molar-refractivity contribution >= 4 is 16.7 Å². The third-order valence-corrected chi connectivity index (χ3v) is 4.47. The van der Waals surface area contributed by atoms with E-state index >= 15 is 0 Å². The quantitative estimate of drug-likeness (QED) is 0.753. The van der Waals surface area contributed by atoms with Crippen LogP contribution in [-0.4, -0.2) is 31.3 Å². The van der Waals surface area contributed by atoms with Crippen molar-refractivity contribution < 1.29 is 19.0 Å². The summed E-state index contributed by atoms with van der Waals surface area (Å²) in [4.78, 5) is 12.4. The van der Waals surface area contributed by atoms with Crippen LogP contribution >= 0.6 is 0 Å². The van der Waals surface area contributed by atoms with E-state index in [1.165, 1.54) is 0 Å². The van der Waals surface area contributed by atoms with Crippen molar-refractivity contribution in [1.29, 1.82) is 0 Å². The standard InChI is InChI=1S/C22H21NO4/c1-15(26-18-11-10-16-6-2-3-7-17(16)12-18)22(24)23-13-19-14-25-20-8-4-5-9-21(20)27-19/h2-12,15,19H,13-14H2,1H3,(H,23,24)/t15-,19-/m1/s1. The van der Waals surface area contributed by atoms with Gasteiger partial charge in [-0.2, -0.15) is 0 Å². The molecule has 1 amide bonds. The summed E-state index contributed by atoms with van der Waals surface area (Å²) >= 11 is 0. The average Bonchev–Trinajstić information content (AvgIpc) is 2.71. The Morgan fingerprint density at radius 2 is 1.81 bits per heavy atom. The minimum atomic E-state index is -0.608. The molecule has 0 fully saturated rings. The largest absolute Gasteiger partial charge is 0.486 e. The van der Waals surface area contributed by atoms with Gasteiger partial charge in [-0.15, -0.1) is 0 Å². The van der Waals surface area contributed by atoms with Gasteiger partial charge < -0.3 is 19.5 Å². The highest BCUT2D eigenvalue weighted by molar-refractivity contribution is 5.84. The fraction of sp³-hybridized carbons (Fsp3) is 0.227. The molecule has 0 saturated heterocycles. The molecule has 2 atom stereocenters. The molecule has 0 aliphatic carbocycles. The lowest BCUT2D eigenvalue weighted by molar-refractivity contribution is -0.127. The fourth-order valence-corrected chi connectivity index (χ4v) is 3.02.